The van der Waals surface area contributed by atoms with Gasteiger partial charge in [0.15, 0.2) is 0 Å². The van der Waals surface area contributed by atoms with E-state index in [2.05, 4.69) is 0 Å². The summed E-state index contributed by atoms with van der Waals surface area (Å²) in [6.45, 7) is 2.45. The largest absolute Gasteiger partial charge is 0.398 e. The number of amides is 1. The Labute approximate surface area is 122 Å². The van der Waals surface area contributed by atoms with Crippen LogP contribution >= 0.6 is 0 Å². The summed E-state index contributed by atoms with van der Waals surface area (Å²) < 4.78 is 26.5. The highest BCUT2D eigenvalue weighted by Gasteiger charge is 2.18. The summed E-state index contributed by atoms with van der Waals surface area (Å²) in [7, 11) is 0. The molecule has 0 fully saturated rings. The van der Waals surface area contributed by atoms with E-state index in [1.165, 1.54) is 29.2 Å². The third-order valence-electron chi connectivity index (χ3n) is 3.18. The van der Waals surface area contributed by atoms with Crippen LogP contribution in [0, 0.1) is 11.6 Å². The third-order valence-corrected chi connectivity index (χ3v) is 3.18. The van der Waals surface area contributed by atoms with E-state index in [4.69, 9.17) is 5.73 Å². The molecule has 2 N–H and O–H groups in total. The molecule has 21 heavy (non-hydrogen) atoms. The van der Waals surface area contributed by atoms with Crippen LogP contribution in [0.5, 0.6) is 0 Å². The predicted octanol–water partition coefficient (Wildman–Crippen LogP) is 3.21. The Hall–Kier alpha value is -2.43. The van der Waals surface area contributed by atoms with E-state index in [9.17, 15) is 13.6 Å². The quantitative estimate of drug-likeness (QED) is 0.879. The van der Waals surface area contributed by atoms with E-state index in [0.717, 1.165) is 6.07 Å². The number of rotatable bonds is 4. The van der Waals surface area contributed by atoms with Gasteiger partial charge in [-0.25, -0.2) is 8.78 Å². The second-order valence-corrected chi connectivity index (χ2v) is 4.68. The highest BCUT2D eigenvalue weighted by molar-refractivity contribution is 5.99. The lowest BCUT2D eigenvalue weighted by Crippen LogP contribution is -2.31. The van der Waals surface area contributed by atoms with Crippen molar-refractivity contribution >= 4 is 11.6 Å². The monoisotopic (exact) mass is 290 g/mol. The van der Waals surface area contributed by atoms with Crippen LogP contribution in [-0.4, -0.2) is 17.4 Å². The predicted molar refractivity (Wildman–Crippen MR) is 77.6 cm³/mol. The van der Waals surface area contributed by atoms with Crippen molar-refractivity contribution in [2.45, 2.75) is 13.5 Å². The summed E-state index contributed by atoms with van der Waals surface area (Å²) in [5, 5.41) is 0. The maximum Gasteiger partial charge on any atom is 0.256 e. The minimum atomic E-state index is -0.519. The molecule has 0 aromatic heterocycles. The molecule has 0 aliphatic rings. The van der Waals surface area contributed by atoms with Gasteiger partial charge in [0.05, 0.1) is 5.56 Å². The second-order valence-electron chi connectivity index (χ2n) is 4.68. The van der Waals surface area contributed by atoms with E-state index in [0.29, 0.717) is 12.1 Å². The van der Waals surface area contributed by atoms with Crippen molar-refractivity contribution in [3.05, 3.63) is 65.2 Å². The number of carbonyl (C=O) groups excluding carboxylic acids is 1. The van der Waals surface area contributed by atoms with E-state index in [1.807, 2.05) is 0 Å². The molecule has 2 aromatic rings. The van der Waals surface area contributed by atoms with Gasteiger partial charge < -0.3 is 10.6 Å². The summed E-state index contributed by atoms with van der Waals surface area (Å²) >= 11 is 0. The first-order valence-corrected chi connectivity index (χ1v) is 6.60. The number of nitrogens with two attached hydrogens (primary N) is 1. The highest BCUT2D eigenvalue weighted by atomic mass is 19.1. The summed E-state index contributed by atoms with van der Waals surface area (Å²) in [6.07, 6.45) is 0. The SMILES string of the molecule is CCN(Cc1cccc(F)c1)C(=O)c1cc(F)ccc1N. The van der Waals surface area contributed by atoms with E-state index >= 15 is 0 Å². The summed E-state index contributed by atoms with van der Waals surface area (Å²) in [6, 6.07) is 9.70. The fourth-order valence-corrected chi connectivity index (χ4v) is 2.07. The van der Waals surface area contributed by atoms with Gasteiger partial charge in [0.2, 0.25) is 0 Å². The lowest BCUT2D eigenvalue weighted by Gasteiger charge is -2.22. The van der Waals surface area contributed by atoms with Gasteiger partial charge >= 0.3 is 0 Å². The van der Waals surface area contributed by atoms with E-state index in [-0.39, 0.29) is 29.5 Å². The molecule has 3 nitrogen and oxygen atoms in total. The number of nitrogens with zero attached hydrogens (tertiary/aromatic N) is 1. The van der Waals surface area contributed by atoms with Gasteiger partial charge in [0.25, 0.3) is 5.91 Å². The average Bonchev–Trinajstić information content (AvgIpc) is 2.46. The molecule has 0 saturated heterocycles. The normalized spacial score (nSPS) is 10.4. The van der Waals surface area contributed by atoms with Crippen LogP contribution in [0.1, 0.15) is 22.8 Å². The zero-order chi connectivity index (χ0) is 15.4. The summed E-state index contributed by atoms with van der Waals surface area (Å²) in [5.74, 6) is -1.26. The molecule has 1 amide bonds. The van der Waals surface area contributed by atoms with E-state index in [1.54, 1.807) is 19.1 Å². The van der Waals surface area contributed by atoms with Gasteiger partial charge in [-0.3, -0.25) is 4.79 Å². The number of hydrogen-bond donors (Lipinski definition) is 1. The summed E-state index contributed by atoms with van der Waals surface area (Å²) in [4.78, 5) is 13.9. The Kier molecular flexibility index (Phi) is 4.52. The minimum Gasteiger partial charge on any atom is -0.398 e. The van der Waals surface area contributed by atoms with Crippen LogP contribution in [0.3, 0.4) is 0 Å². The Morgan fingerprint density at radius 1 is 1.14 bits per heavy atom. The Morgan fingerprint density at radius 2 is 1.86 bits per heavy atom. The maximum absolute atomic E-state index is 13.3. The second kappa shape index (κ2) is 6.35. The Morgan fingerprint density at radius 3 is 2.52 bits per heavy atom. The first-order chi connectivity index (χ1) is 10.0. The van der Waals surface area contributed by atoms with E-state index < -0.39 is 5.82 Å². The van der Waals surface area contributed by atoms with Gasteiger partial charge in [-0.1, -0.05) is 12.1 Å². The standard InChI is InChI=1S/C16H16F2N2O/c1-2-20(10-11-4-3-5-12(17)8-11)16(21)14-9-13(18)6-7-15(14)19/h3-9H,2,10,19H2,1H3. The van der Waals surface area contributed by atoms with Crippen molar-refractivity contribution in [2.75, 3.05) is 12.3 Å². The Bertz CT molecular complexity index is 658. The molecule has 0 aliphatic carbocycles. The van der Waals surface area contributed by atoms with Crippen molar-refractivity contribution in [1.82, 2.24) is 4.90 Å². The molecule has 0 bridgehead atoms. The molecule has 0 heterocycles. The average molecular weight is 290 g/mol. The minimum absolute atomic E-state index is 0.119. The van der Waals surface area contributed by atoms with Gasteiger partial charge in [-0.05, 0) is 42.8 Å². The molecule has 2 rings (SSSR count). The molecule has 2 aromatic carbocycles. The molecular weight excluding hydrogens is 274 g/mol. The molecule has 0 spiro atoms. The van der Waals surface area contributed by atoms with Crippen LogP contribution in [-0.2, 0) is 6.54 Å². The van der Waals surface area contributed by atoms with Gasteiger partial charge in [0, 0.05) is 18.8 Å². The molecule has 0 radical (unpaired) electrons. The summed E-state index contributed by atoms with van der Waals surface area (Å²) in [5.41, 5.74) is 6.73. The number of benzene rings is 2. The number of carbonyl (C=O) groups is 1. The maximum atomic E-state index is 13.3. The van der Waals surface area contributed by atoms with Crippen molar-refractivity contribution in [3.63, 3.8) is 0 Å². The van der Waals surface area contributed by atoms with Crippen molar-refractivity contribution in [1.29, 1.82) is 0 Å². The first kappa shape index (κ1) is 15.0. The van der Waals surface area contributed by atoms with Gasteiger partial charge in [-0.15, -0.1) is 0 Å². The zero-order valence-corrected chi connectivity index (χ0v) is 11.6. The molecule has 0 unspecified atom stereocenters. The topological polar surface area (TPSA) is 46.3 Å². The molecule has 0 aliphatic heterocycles. The van der Waals surface area contributed by atoms with Crippen LogP contribution in [0.2, 0.25) is 0 Å². The van der Waals surface area contributed by atoms with Crippen LogP contribution < -0.4 is 5.73 Å². The highest BCUT2D eigenvalue weighted by Crippen LogP contribution is 2.17. The third kappa shape index (κ3) is 3.56. The zero-order valence-electron chi connectivity index (χ0n) is 11.6. The molecule has 0 saturated carbocycles. The fraction of sp³-hybridized carbons (Fsp3) is 0.188. The first-order valence-electron chi connectivity index (χ1n) is 6.60. The van der Waals surface area contributed by atoms with Gasteiger partial charge in [0.1, 0.15) is 11.6 Å². The number of anilines is 1. The molecular formula is C16H16F2N2O. The van der Waals surface area contributed by atoms with Crippen LogP contribution in [0.25, 0.3) is 0 Å². The number of halogens is 2. The lowest BCUT2D eigenvalue weighted by atomic mass is 10.1. The molecule has 5 heteroatoms. The van der Waals surface area contributed by atoms with Crippen LogP contribution in [0.15, 0.2) is 42.5 Å². The van der Waals surface area contributed by atoms with Crippen LogP contribution in [0.4, 0.5) is 14.5 Å². The smallest absolute Gasteiger partial charge is 0.256 e. The molecule has 110 valence electrons. The Balaban J connectivity index is 2.24. The molecule has 0 atom stereocenters. The number of nitrogen functional groups attached to an aromatic ring is 1. The van der Waals surface area contributed by atoms with Gasteiger partial charge in [-0.2, -0.15) is 0 Å². The van der Waals surface area contributed by atoms with Crippen molar-refractivity contribution in [2.24, 2.45) is 0 Å². The number of hydrogen-bond acceptors (Lipinski definition) is 2. The van der Waals surface area contributed by atoms with Crippen molar-refractivity contribution < 1.29 is 13.6 Å². The lowest BCUT2D eigenvalue weighted by molar-refractivity contribution is 0.0753. The van der Waals surface area contributed by atoms with Crippen molar-refractivity contribution in [3.8, 4) is 0 Å². The fourth-order valence-electron chi connectivity index (χ4n) is 2.07.